The quantitative estimate of drug-likeness (QED) is 0.830. The van der Waals surface area contributed by atoms with E-state index in [-0.39, 0.29) is 0 Å². The Bertz CT molecular complexity index is 481. The van der Waals surface area contributed by atoms with Crippen molar-refractivity contribution in [2.75, 3.05) is 7.05 Å². The third kappa shape index (κ3) is 4.17. The third-order valence-electron chi connectivity index (χ3n) is 3.18. The molecule has 0 saturated heterocycles. The van der Waals surface area contributed by atoms with Crippen LogP contribution in [0, 0.1) is 0 Å². The summed E-state index contributed by atoms with van der Waals surface area (Å²) in [4.78, 5) is 4.46. The second-order valence-corrected chi connectivity index (χ2v) is 4.75. The minimum Gasteiger partial charge on any atom is -0.339 e. The number of nitrogens with zero attached hydrogens (tertiary/aromatic N) is 2. The summed E-state index contributed by atoms with van der Waals surface area (Å²) in [6.45, 7) is 2.18. The van der Waals surface area contributed by atoms with Crippen molar-refractivity contribution in [3.05, 3.63) is 47.6 Å². The van der Waals surface area contributed by atoms with Crippen LogP contribution in [0.2, 0.25) is 0 Å². The molecule has 0 bridgehead atoms. The fourth-order valence-electron chi connectivity index (χ4n) is 2.13. The maximum Gasteiger partial charge on any atom is 0.228 e. The Morgan fingerprint density at radius 1 is 1.26 bits per heavy atom. The molecule has 1 N–H and O–H groups in total. The van der Waals surface area contributed by atoms with Crippen molar-refractivity contribution in [1.82, 2.24) is 15.5 Å². The number of benzene rings is 1. The molecule has 1 aromatic carbocycles. The smallest absolute Gasteiger partial charge is 0.228 e. The van der Waals surface area contributed by atoms with Gasteiger partial charge in [-0.3, -0.25) is 0 Å². The maximum atomic E-state index is 5.31. The van der Waals surface area contributed by atoms with Crippen LogP contribution in [0.1, 0.15) is 37.0 Å². The number of rotatable bonds is 7. The van der Waals surface area contributed by atoms with E-state index >= 15 is 0 Å². The molecule has 4 heteroatoms. The minimum absolute atomic E-state index is 0.412. The molecule has 0 aliphatic heterocycles. The van der Waals surface area contributed by atoms with Crippen molar-refractivity contribution in [2.24, 2.45) is 0 Å². The lowest BCUT2D eigenvalue weighted by Gasteiger charge is -2.11. The summed E-state index contributed by atoms with van der Waals surface area (Å²) >= 11 is 0. The largest absolute Gasteiger partial charge is 0.339 e. The van der Waals surface area contributed by atoms with Crippen LogP contribution in [0.5, 0.6) is 0 Å². The van der Waals surface area contributed by atoms with Gasteiger partial charge in [-0.25, -0.2) is 0 Å². The molecular formula is C15H21N3O. The molecule has 102 valence electrons. The van der Waals surface area contributed by atoms with Gasteiger partial charge in [0.1, 0.15) is 0 Å². The van der Waals surface area contributed by atoms with Gasteiger partial charge in [-0.1, -0.05) is 48.8 Å². The highest BCUT2D eigenvalue weighted by atomic mass is 16.5. The first-order chi connectivity index (χ1) is 9.31. The molecule has 1 atom stereocenters. The molecule has 0 radical (unpaired) electrons. The van der Waals surface area contributed by atoms with Crippen LogP contribution in [-0.2, 0) is 12.8 Å². The highest BCUT2D eigenvalue weighted by molar-refractivity contribution is 5.18. The van der Waals surface area contributed by atoms with E-state index in [0.717, 1.165) is 37.4 Å². The zero-order valence-electron chi connectivity index (χ0n) is 11.6. The highest BCUT2D eigenvalue weighted by Crippen LogP contribution is 2.09. The van der Waals surface area contributed by atoms with E-state index in [4.69, 9.17) is 4.52 Å². The molecule has 1 unspecified atom stereocenters. The minimum atomic E-state index is 0.412. The lowest BCUT2D eigenvalue weighted by molar-refractivity contribution is 0.352. The summed E-state index contributed by atoms with van der Waals surface area (Å²) in [7, 11) is 1.97. The van der Waals surface area contributed by atoms with Crippen LogP contribution in [0.3, 0.4) is 0 Å². The van der Waals surface area contributed by atoms with Gasteiger partial charge in [0.15, 0.2) is 5.82 Å². The van der Waals surface area contributed by atoms with Crippen molar-refractivity contribution >= 4 is 0 Å². The monoisotopic (exact) mass is 259 g/mol. The second kappa shape index (κ2) is 7.04. The van der Waals surface area contributed by atoms with E-state index in [1.165, 1.54) is 5.56 Å². The summed E-state index contributed by atoms with van der Waals surface area (Å²) in [6, 6.07) is 10.6. The molecule has 1 heterocycles. The SMILES string of the molecule is CCCC(Cc1nc(Cc2ccccc2)no1)NC. The molecule has 0 amide bonds. The molecule has 2 aromatic rings. The van der Waals surface area contributed by atoms with Gasteiger partial charge in [-0.15, -0.1) is 0 Å². The zero-order chi connectivity index (χ0) is 13.5. The Labute approximate surface area is 114 Å². The summed E-state index contributed by atoms with van der Waals surface area (Å²) in [6.07, 6.45) is 3.79. The molecule has 1 aromatic heterocycles. The number of hydrogen-bond donors (Lipinski definition) is 1. The van der Waals surface area contributed by atoms with Gasteiger partial charge in [0.2, 0.25) is 5.89 Å². The molecular weight excluding hydrogens is 238 g/mol. The first-order valence-corrected chi connectivity index (χ1v) is 6.84. The average Bonchev–Trinajstić information content (AvgIpc) is 2.86. The Kier molecular flexibility index (Phi) is 5.10. The predicted molar refractivity (Wildman–Crippen MR) is 75.0 cm³/mol. The standard InChI is InChI=1S/C15H21N3O/c1-3-7-13(16-2)11-15-17-14(18-19-15)10-12-8-5-4-6-9-12/h4-6,8-9,13,16H,3,7,10-11H2,1-2H3. The van der Waals surface area contributed by atoms with E-state index < -0.39 is 0 Å². The molecule has 4 nitrogen and oxygen atoms in total. The lowest BCUT2D eigenvalue weighted by atomic mass is 10.1. The van der Waals surface area contributed by atoms with E-state index in [2.05, 4.69) is 34.5 Å². The Balaban J connectivity index is 1.95. The highest BCUT2D eigenvalue weighted by Gasteiger charge is 2.12. The molecule has 0 aliphatic rings. The van der Waals surface area contributed by atoms with Crippen LogP contribution in [0.4, 0.5) is 0 Å². The number of aromatic nitrogens is 2. The normalized spacial score (nSPS) is 12.5. The molecule has 0 fully saturated rings. The maximum absolute atomic E-state index is 5.31. The number of likely N-dealkylation sites (N-methyl/N-ethyl adjacent to an activating group) is 1. The van der Waals surface area contributed by atoms with Gasteiger partial charge in [0.05, 0.1) is 0 Å². The van der Waals surface area contributed by atoms with Crippen LogP contribution < -0.4 is 5.32 Å². The van der Waals surface area contributed by atoms with Gasteiger partial charge in [-0.2, -0.15) is 4.98 Å². The van der Waals surface area contributed by atoms with Crippen molar-refractivity contribution in [3.63, 3.8) is 0 Å². The molecule has 19 heavy (non-hydrogen) atoms. The number of hydrogen-bond acceptors (Lipinski definition) is 4. The molecule has 0 aliphatic carbocycles. The summed E-state index contributed by atoms with van der Waals surface area (Å²) in [5.74, 6) is 1.48. The molecule has 2 rings (SSSR count). The van der Waals surface area contributed by atoms with Crippen LogP contribution in [0.25, 0.3) is 0 Å². The lowest BCUT2D eigenvalue weighted by Crippen LogP contribution is -2.27. The van der Waals surface area contributed by atoms with Crippen LogP contribution in [-0.4, -0.2) is 23.2 Å². The zero-order valence-corrected chi connectivity index (χ0v) is 11.6. The Morgan fingerprint density at radius 2 is 2.05 bits per heavy atom. The van der Waals surface area contributed by atoms with Gasteiger partial charge < -0.3 is 9.84 Å². The molecule has 0 saturated carbocycles. The average molecular weight is 259 g/mol. The molecule has 0 spiro atoms. The summed E-state index contributed by atoms with van der Waals surface area (Å²) in [5.41, 5.74) is 1.20. The van der Waals surface area contributed by atoms with E-state index in [1.54, 1.807) is 0 Å². The predicted octanol–water partition coefficient (Wildman–Crippen LogP) is 2.59. The summed E-state index contributed by atoms with van der Waals surface area (Å²) in [5, 5.41) is 7.33. The van der Waals surface area contributed by atoms with Gasteiger partial charge in [-0.05, 0) is 19.0 Å². The summed E-state index contributed by atoms with van der Waals surface area (Å²) < 4.78 is 5.31. The second-order valence-electron chi connectivity index (χ2n) is 4.75. The van der Waals surface area contributed by atoms with Crippen molar-refractivity contribution < 1.29 is 4.52 Å². The van der Waals surface area contributed by atoms with Gasteiger partial charge in [0, 0.05) is 18.9 Å². The van der Waals surface area contributed by atoms with E-state index in [9.17, 15) is 0 Å². The topological polar surface area (TPSA) is 51.0 Å². The fraction of sp³-hybridized carbons (Fsp3) is 0.467. The van der Waals surface area contributed by atoms with Crippen molar-refractivity contribution in [3.8, 4) is 0 Å². The number of nitrogens with one attached hydrogen (secondary N) is 1. The third-order valence-corrected chi connectivity index (χ3v) is 3.18. The first-order valence-electron chi connectivity index (χ1n) is 6.84. The van der Waals surface area contributed by atoms with Gasteiger partial charge >= 0.3 is 0 Å². The van der Waals surface area contributed by atoms with Gasteiger partial charge in [0.25, 0.3) is 0 Å². The van der Waals surface area contributed by atoms with Crippen molar-refractivity contribution in [2.45, 2.75) is 38.6 Å². The van der Waals surface area contributed by atoms with Crippen molar-refractivity contribution in [1.29, 1.82) is 0 Å². The van der Waals surface area contributed by atoms with Crippen LogP contribution in [0.15, 0.2) is 34.9 Å². The Morgan fingerprint density at radius 3 is 2.74 bits per heavy atom. The first kappa shape index (κ1) is 13.7. The fourth-order valence-corrected chi connectivity index (χ4v) is 2.13. The van der Waals surface area contributed by atoms with E-state index in [1.807, 2.05) is 25.2 Å². The van der Waals surface area contributed by atoms with E-state index in [0.29, 0.717) is 6.04 Å². The Hall–Kier alpha value is -1.68. The van der Waals surface area contributed by atoms with Crippen LogP contribution >= 0.6 is 0 Å².